The van der Waals surface area contributed by atoms with E-state index in [0.29, 0.717) is 0 Å². The third-order valence-corrected chi connectivity index (χ3v) is 4.10. The molecule has 2 aromatic rings. The molecule has 2 aromatic carbocycles. The number of aliphatic hydroxyl groups excluding tert-OH is 1. The van der Waals surface area contributed by atoms with Crippen LogP contribution in [-0.2, 0) is 20.9 Å². The summed E-state index contributed by atoms with van der Waals surface area (Å²) in [6.07, 6.45) is 2.50. The Labute approximate surface area is 174 Å². The Morgan fingerprint density at radius 3 is 2.17 bits per heavy atom. The molecule has 0 radical (unpaired) electrons. The molecular formula is C22H24N2O6. The van der Waals surface area contributed by atoms with Crippen molar-refractivity contribution in [2.75, 3.05) is 6.61 Å². The fourth-order valence-corrected chi connectivity index (χ4v) is 2.50. The SMILES string of the molecule is O=C(N[C@@H](CO)C(=O)N[C@H](C/C=C/c1ccccc1)C(=O)O)OCc1ccccc1. The highest BCUT2D eigenvalue weighted by molar-refractivity contribution is 5.89. The summed E-state index contributed by atoms with van der Waals surface area (Å²) in [6.45, 7) is -0.715. The van der Waals surface area contributed by atoms with Crippen LogP contribution >= 0.6 is 0 Å². The quantitative estimate of drug-likeness (QED) is 0.473. The fraction of sp³-hybridized carbons (Fsp3) is 0.227. The zero-order valence-electron chi connectivity index (χ0n) is 16.2. The molecule has 0 heterocycles. The molecule has 2 amide bonds. The van der Waals surface area contributed by atoms with E-state index in [1.165, 1.54) is 0 Å². The van der Waals surface area contributed by atoms with E-state index in [2.05, 4.69) is 10.6 Å². The maximum atomic E-state index is 12.3. The van der Waals surface area contributed by atoms with E-state index < -0.39 is 36.7 Å². The van der Waals surface area contributed by atoms with Crippen molar-refractivity contribution in [2.45, 2.75) is 25.1 Å². The average molecular weight is 412 g/mol. The summed E-state index contributed by atoms with van der Waals surface area (Å²) < 4.78 is 5.01. The third kappa shape index (κ3) is 7.76. The Morgan fingerprint density at radius 1 is 0.933 bits per heavy atom. The molecule has 0 saturated carbocycles. The standard InChI is InChI=1S/C22H24N2O6/c25-14-19(24-22(29)30-15-17-10-5-2-6-11-17)20(26)23-18(21(27)28)13-7-12-16-8-3-1-4-9-16/h1-12,18-19,25H,13-15H2,(H,23,26)(H,24,29)(H,27,28)/b12-7+/t18-,19+/m1/s1. The molecule has 0 aliphatic heterocycles. The molecule has 0 fully saturated rings. The largest absolute Gasteiger partial charge is 0.480 e. The summed E-state index contributed by atoms with van der Waals surface area (Å²) in [5, 5.41) is 23.3. The lowest BCUT2D eigenvalue weighted by Crippen LogP contribution is -2.53. The van der Waals surface area contributed by atoms with Crippen molar-refractivity contribution >= 4 is 24.0 Å². The van der Waals surface area contributed by atoms with E-state index in [1.54, 1.807) is 36.4 Å². The van der Waals surface area contributed by atoms with Gasteiger partial charge in [-0.05, 0) is 17.5 Å². The van der Waals surface area contributed by atoms with Crippen molar-refractivity contribution in [3.63, 3.8) is 0 Å². The summed E-state index contributed by atoms with van der Waals surface area (Å²) >= 11 is 0. The lowest BCUT2D eigenvalue weighted by molar-refractivity contribution is -0.142. The van der Waals surface area contributed by atoms with Crippen molar-refractivity contribution in [1.29, 1.82) is 0 Å². The first-order chi connectivity index (χ1) is 14.5. The predicted octanol–water partition coefficient (Wildman–Crippen LogP) is 1.95. The molecule has 158 valence electrons. The fourth-order valence-electron chi connectivity index (χ4n) is 2.50. The molecule has 0 saturated heterocycles. The normalized spacial score (nSPS) is 12.7. The van der Waals surface area contributed by atoms with Gasteiger partial charge in [0, 0.05) is 0 Å². The number of carbonyl (C=O) groups excluding carboxylic acids is 2. The van der Waals surface area contributed by atoms with Crippen LogP contribution < -0.4 is 10.6 Å². The smallest absolute Gasteiger partial charge is 0.408 e. The first-order valence-electron chi connectivity index (χ1n) is 9.32. The van der Waals surface area contributed by atoms with Crippen LogP contribution in [0.5, 0.6) is 0 Å². The van der Waals surface area contributed by atoms with E-state index in [0.717, 1.165) is 11.1 Å². The van der Waals surface area contributed by atoms with Crippen LogP contribution in [-0.4, -0.2) is 46.9 Å². The van der Waals surface area contributed by atoms with Crippen molar-refractivity contribution in [2.24, 2.45) is 0 Å². The lowest BCUT2D eigenvalue weighted by atomic mass is 10.1. The maximum Gasteiger partial charge on any atom is 0.408 e. The monoisotopic (exact) mass is 412 g/mol. The zero-order chi connectivity index (χ0) is 21.8. The van der Waals surface area contributed by atoms with Crippen molar-refractivity contribution in [1.82, 2.24) is 10.6 Å². The number of aliphatic carboxylic acids is 1. The molecule has 0 aliphatic rings. The van der Waals surface area contributed by atoms with Crippen LogP contribution in [0.2, 0.25) is 0 Å². The van der Waals surface area contributed by atoms with E-state index in [1.807, 2.05) is 36.4 Å². The lowest BCUT2D eigenvalue weighted by Gasteiger charge is -2.19. The van der Waals surface area contributed by atoms with E-state index in [-0.39, 0.29) is 13.0 Å². The molecule has 30 heavy (non-hydrogen) atoms. The van der Waals surface area contributed by atoms with Gasteiger partial charge in [0.1, 0.15) is 18.7 Å². The Hall–Kier alpha value is -3.65. The molecule has 0 bridgehead atoms. The highest BCUT2D eigenvalue weighted by Crippen LogP contribution is 2.04. The number of benzene rings is 2. The Morgan fingerprint density at radius 2 is 1.57 bits per heavy atom. The van der Waals surface area contributed by atoms with Gasteiger partial charge in [-0.2, -0.15) is 0 Å². The van der Waals surface area contributed by atoms with E-state index in [9.17, 15) is 24.6 Å². The minimum atomic E-state index is -1.34. The van der Waals surface area contributed by atoms with Gasteiger partial charge in [-0.3, -0.25) is 4.79 Å². The highest BCUT2D eigenvalue weighted by Gasteiger charge is 2.25. The van der Waals surface area contributed by atoms with Crippen LogP contribution in [0.4, 0.5) is 4.79 Å². The summed E-state index contributed by atoms with van der Waals surface area (Å²) in [5.41, 5.74) is 1.65. The number of carbonyl (C=O) groups is 3. The van der Waals surface area contributed by atoms with Crippen LogP contribution in [0.1, 0.15) is 17.5 Å². The molecule has 8 nitrogen and oxygen atoms in total. The van der Waals surface area contributed by atoms with Gasteiger partial charge in [-0.1, -0.05) is 72.8 Å². The van der Waals surface area contributed by atoms with Crippen molar-refractivity contribution in [3.8, 4) is 0 Å². The summed E-state index contributed by atoms with van der Waals surface area (Å²) in [7, 11) is 0. The topological polar surface area (TPSA) is 125 Å². The molecule has 8 heteroatoms. The summed E-state index contributed by atoms with van der Waals surface area (Å²) in [6, 6.07) is 15.7. The van der Waals surface area contributed by atoms with Crippen molar-refractivity contribution in [3.05, 3.63) is 77.9 Å². The number of ether oxygens (including phenoxy) is 1. The second-order valence-electron chi connectivity index (χ2n) is 6.39. The molecule has 2 atom stereocenters. The molecule has 0 spiro atoms. The maximum absolute atomic E-state index is 12.3. The van der Waals surface area contributed by atoms with Gasteiger partial charge in [-0.25, -0.2) is 9.59 Å². The van der Waals surface area contributed by atoms with E-state index >= 15 is 0 Å². The van der Waals surface area contributed by atoms with Crippen molar-refractivity contribution < 1.29 is 29.3 Å². The first-order valence-corrected chi connectivity index (χ1v) is 9.32. The molecule has 0 aliphatic carbocycles. The van der Waals surface area contributed by atoms with Gasteiger partial charge in [-0.15, -0.1) is 0 Å². The predicted molar refractivity (Wildman–Crippen MR) is 110 cm³/mol. The van der Waals surface area contributed by atoms with Gasteiger partial charge >= 0.3 is 12.1 Å². The highest BCUT2D eigenvalue weighted by atomic mass is 16.5. The Kier molecular flexibility index (Phi) is 9.08. The van der Waals surface area contributed by atoms with Gasteiger partial charge in [0.15, 0.2) is 0 Å². The third-order valence-electron chi connectivity index (χ3n) is 4.10. The van der Waals surface area contributed by atoms with Crippen LogP contribution in [0.15, 0.2) is 66.7 Å². The number of alkyl carbamates (subject to hydrolysis) is 1. The Bertz CT molecular complexity index is 854. The molecular weight excluding hydrogens is 388 g/mol. The zero-order valence-corrected chi connectivity index (χ0v) is 16.2. The number of hydrogen-bond donors (Lipinski definition) is 4. The summed E-state index contributed by atoms with van der Waals surface area (Å²) in [5.74, 6) is -2.06. The second-order valence-corrected chi connectivity index (χ2v) is 6.39. The van der Waals surface area contributed by atoms with Crippen LogP contribution in [0, 0.1) is 0 Å². The number of carboxylic acids is 1. The Balaban J connectivity index is 1.86. The number of carboxylic acid groups (broad SMARTS) is 1. The minimum absolute atomic E-state index is 0.00548. The molecule has 0 unspecified atom stereocenters. The number of rotatable bonds is 10. The van der Waals surface area contributed by atoms with Crippen LogP contribution in [0.25, 0.3) is 6.08 Å². The van der Waals surface area contributed by atoms with Gasteiger partial charge < -0.3 is 25.6 Å². The molecule has 2 rings (SSSR count). The minimum Gasteiger partial charge on any atom is -0.480 e. The van der Waals surface area contributed by atoms with Crippen LogP contribution in [0.3, 0.4) is 0 Å². The second kappa shape index (κ2) is 12.0. The van der Waals surface area contributed by atoms with E-state index in [4.69, 9.17) is 4.74 Å². The van der Waals surface area contributed by atoms with Gasteiger partial charge in [0.05, 0.1) is 6.61 Å². The number of hydrogen-bond acceptors (Lipinski definition) is 5. The van der Waals surface area contributed by atoms with Gasteiger partial charge in [0.2, 0.25) is 5.91 Å². The number of nitrogens with one attached hydrogen (secondary N) is 2. The molecule has 4 N–H and O–H groups in total. The summed E-state index contributed by atoms with van der Waals surface area (Å²) in [4.78, 5) is 35.6. The number of aliphatic hydroxyl groups is 1. The first kappa shape index (κ1) is 22.6. The average Bonchev–Trinajstić information content (AvgIpc) is 2.76. The molecule has 0 aromatic heterocycles. The number of amides is 2. The van der Waals surface area contributed by atoms with Gasteiger partial charge in [0.25, 0.3) is 0 Å².